The second-order valence-electron chi connectivity index (χ2n) is 10.6. The van der Waals surface area contributed by atoms with Gasteiger partial charge in [0.25, 0.3) is 0 Å². The van der Waals surface area contributed by atoms with Crippen molar-refractivity contribution in [1.82, 2.24) is 14.8 Å². The summed E-state index contributed by atoms with van der Waals surface area (Å²) in [5.41, 5.74) is 1.56. The van der Waals surface area contributed by atoms with Gasteiger partial charge in [-0.15, -0.1) is 0 Å². The first-order valence-electron chi connectivity index (χ1n) is 11.8. The first-order chi connectivity index (χ1) is 16.2. The Kier molecular flexibility index (Phi) is 5.56. The third kappa shape index (κ3) is 3.82. The summed E-state index contributed by atoms with van der Waals surface area (Å²) < 4.78 is 28.7. The molecule has 0 radical (unpaired) electrons. The van der Waals surface area contributed by atoms with E-state index in [2.05, 4.69) is 18.8 Å². The molecule has 34 heavy (non-hydrogen) atoms. The molecule has 0 bridgehead atoms. The van der Waals surface area contributed by atoms with Gasteiger partial charge in [0.1, 0.15) is 17.7 Å². The Bertz CT molecular complexity index is 1170. The van der Waals surface area contributed by atoms with Crippen LogP contribution in [0.1, 0.15) is 49.9 Å². The van der Waals surface area contributed by atoms with E-state index in [0.717, 1.165) is 43.3 Å². The number of amides is 2. The van der Waals surface area contributed by atoms with E-state index in [9.17, 15) is 13.6 Å². The molecule has 0 aliphatic carbocycles. The fourth-order valence-electron chi connectivity index (χ4n) is 5.78. The van der Waals surface area contributed by atoms with Crippen molar-refractivity contribution < 1.29 is 13.6 Å². The van der Waals surface area contributed by atoms with Gasteiger partial charge >= 0.3 is 6.03 Å². The Balaban J connectivity index is 1.23. The van der Waals surface area contributed by atoms with Crippen molar-refractivity contribution in [3.8, 4) is 6.07 Å². The molecule has 1 aromatic heterocycles. The number of hydrogen-bond acceptors (Lipinski definition) is 4. The van der Waals surface area contributed by atoms with E-state index in [1.54, 1.807) is 12.3 Å². The Hall–Kier alpha value is -3.05. The quantitative estimate of drug-likeness (QED) is 0.658. The van der Waals surface area contributed by atoms with Gasteiger partial charge in [-0.25, -0.2) is 13.6 Å². The van der Waals surface area contributed by atoms with Crippen LogP contribution in [0.15, 0.2) is 30.5 Å². The average Bonchev–Trinajstić information content (AvgIpc) is 3.36. The Labute approximate surface area is 198 Å². The number of benzene rings is 1. The molecule has 0 unspecified atom stereocenters. The molecule has 178 valence electrons. The van der Waals surface area contributed by atoms with Gasteiger partial charge in [-0.2, -0.15) is 5.26 Å². The highest BCUT2D eigenvalue weighted by Gasteiger charge is 2.46. The summed E-state index contributed by atoms with van der Waals surface area (Å²) in [4.78, 5) is 23.9. The number of carbonyl (C=O) groups is 1. The molecular formula is C26H29F2N5O. The van der Waals surface area contributed by atoms with Crippen LogP contribution in [0, 0.1) is 28.4 Å². The topological polar surface area (TPSA) is 63.5 Å². The van der Waals surface area contributed by atoms with Gasteiger partial charge in [-0.1, -0.05) is 13.8 Å². The first kappa shape index (κ1) is 22.7. The molecule has 5 rings (SSSR count). The summed E-state index contributed by atoms with van der Waals surface area (Å²) >= 11 is 0. The number of nitrogens with zero attached hydrogens (tertiary/aromatic N) is 5. The standard InChI is InChI=1S/C26H29F2N5O/c1-25(2)16-33(21-4-3-10-30-23(21)25)24(34)32-13-9-26(17-32)7-11-31(12-8-26)15-19-20(27)6-5-18(14-29)22(19)28/h3-6,10H,7-9,11-13,15-17H2,1-2H3. The number of aromatic nitrogens is 1. The van der Waals surface area contributed by atoms with Crippen LogP contribution in [-0.4, -0.2) is 53.5 Å². The minimum absolute atomic E-state index is 0.0385. The zero-order valence-electron chi connectivity index (χ0n) is 19.7. The Morgan fingerprint density at radius 1 is 1.12 bits per heavy atom. The number of anilines is 1. The zero-order chi connectivity index (χ0) is 24.1. The maximum absolute atomic E-state index is 14.5. The second kappa shape index (κ2) is 8.31. The van der Waals surface area contributed by atoms with Gasteiger partial charge in [0.2, 0.25) is 0 Å². The van der Waals surface area contributed by atoms with Crippen LogP contribution in [-0.2, 0) is 12.0 Å². The van der Waals surface area contributed by atoms with Gasteiger partial charge in [-0.05, 0) is 62.0 Å². The van der Waals surface area contributed by atoms with Crippen LogP contribution < -0.4 is 4.90 Å². The number of halogens is 2. The number of rotatable bonds is 2. The Morgan fingerprint density at radius 2 is 1.85 bits per heavy atom. The third-order valence-corrected chi connectivity index (χ3v) is 7.82. The molecule has 2 aromatic rings. The van der Waals surface area contributed by atoms with Gasteiger partial charge in [-0.3, -0.25) is 14.8 Å². The average molecular weight is 466 g/mol. The number of likely N-dealkylation sites (tertiary alicyclic amines) is 2. The number of nitriles is 1. The first-order valence-corrected chi connectivity index (χ1v) is 11.8. The maximum atomic E-state index is 14.5. The number of piperidine rings is 1. The van der Waals surface area contributed by atoms with Crippen LogP contribution in [0.3, 0.4) is 0 Å². The summed E-state index contributed by atoms with van der Waals surface area (Å²) in [5, 5.41) is 9.05. The summed E-state index contributed by atoms with van der Waals surface area (Å²) in [5.74, 6) is -1.37. The van der Waals surface area contributed by atoms with E-state index in [1.165, 1.54) is 6.07 Å². The van der Waals surface area contributed by atoms with Crippen LogP contribution >= 0.6 is 0 Å². The molecule has 3 aliphatic heterocycles. The third-order valence-electron chi connectivity index (χ3n) is 7.82. The highest BCUT2D eigenvalue weighted by molar-refractivity contribution is 5.94. The van der Waals surface area contributed by atoms with E-state index in [4.69, 9.17) is 5.26 Å². The van der Waals surface area contributed by atoms with Crippen LogP contribution in [0.4, 0.5) is 19.3 Å². The zero-order valence-corrected chi connectivity index (χ0v) is 19.7. The van der Waals surface area contributed by atoms with E-state index in [-0.39, 0.29) is 34.5 Å². The van der Waals surface area contributed by atoms with Crippen molar-refractivity contribution in [1.29, 1.82) is 5.26 Å². The van der Waals surface area contributed by atoms with Crippen molar-refractivity contribution in [2.45, 2.75) is 45.1 Å². The second-order valence-corrected chi connectivity index (χ2v) is 10.6. The van der Waals surface area contributed by atoms with E-state index < -0.39 is 11.6 Å². The van der Waals surface area contributed by atoms with Crippen molar-refractivity contribution in [3.63, 3.8) is 0 Å². The van der Waals surface area contributed by atoms with E-state index in [1.807, 2.05) is 26.8 Å². The van der Waals surface area contributed by atoms with Crippen molar-refractivity contribution in [2.24, 2.45) is 5.41 Å². The van der Waals surface area contributed by atoms with E-state index in [0.29, 0.717) is 26.2 Å². The Morgan fingerprint density at radius 3 is 2.59 bits per heavy atom. The fourth-order valence-corrected chi connectivity index (χ4v) is 5.78. The predicted octanol–water partition coefficient (Wildman–Crippen LogP) is 4.44. The highest BCUT2D eigenvalue weighted by Crippen LogP contribution is 2.43. The van der Waals surface area contributed by atoms with Crippen LogP contribution in [0.2, 0.25) is 0 Å². The molecule has 2 amide bonds. The molecule has 0 N–H and O–H groups in total. The van der Waals surface area contributed by atoms with Crippen LogP contribution in [0.5, 0.6) is 0 Å². The van der Waals surface area contributed by atoms with Gasteiger partial charge in [0, 0.05) is 43.4 Å². The summed E-state index contributed by atoms with van der Waals surface area (Å²) in [6.45, 7) is 7.85. The van der Waals surface area contributed by atoms with Gasteiger partial charge in [0.15, 0.2) is 0 Å². The minimum atomic E-state index is -0.760. The number of carbonyl (C=O) groups excluding carboxylic acids is 1. The maximum Gasteiger partial charge on any atom is 0.324 e. The minimum Gasteiger partial charge on any atom is -0.324 e. The van der Waals surface area contributed by atoms with Crippen molar-refractivity contribution in [3.05, 3.63) is 58.9 Å². The smallest absolute Gasteiger partial charge is 0.324 e. The fraction of sp³-hybridized carbons (Fsp3) is 0.500. The molecule has 2 saturated heterocycles. The number of urea groups is 1. The molecule has 1 spiro atoms. The molecule has 1 aromatic carbocycles. The largest absolute Gasteiger partial charge is 0.324 e. The SMILES string of the molecule is CC1(C)CN(C(=O)N2CCC3(CCN(Cc4c(F)ccc(C#N)c4F)CC3)C2)c2cccnc21. The van der Waals surface area contributed by atoms with E-state index >= 15 is 0 Å². The summed E-state index contributed by atoms with van der Waals surface area (Å²) in [6, 6.07) is 8.01. The summed E-state index contributed by atoms with van der Waals surface area (Å²) in [6.07, 6.45) is 4.47. The lowest BCUT2D eigenvalue weighted by Crippen LogP contribution is -2.46. The molecule has 6 nitrogen and oxygen atoms in total. The number of fused-ring (bicyclic) bond motifs is 1. The molecule has 0 saturated carbocycles. The lowest BCUT2D eigenvalue weighted by atomic mass is 9.77. The van der Waals surface area contributed by atoms with Gasteiger partial charge < -0.3 is 4.90 Å². The molecule has 2 fully saturated rings. The summed E-state index contributed by atoms with van der Waals surface area (Å²) in [7, 11) is 0. The van der Waals surface area contributed by atoms with Crippen LogP contribution in [0.25, 0.3) is 0 Å². The monoisotopic (exact) mass is 465 g/mol. The number of pyridine rings is 1. The lowest BCUT2D eigenvalue weighted by Gasteiger charge is -2.39. The molecular weight excluding hydrogens is 436 g/mol. The highest BCUT2D eigenvalue weighted by atomic mass is 19.1. The molecule has 0 atom stereocenters. The van der Waals surface area contributed by atoms with Crippen molar-refractivity contribution in [2.75, 3.05) is 37.6 Å². The molecule has 4 heterocycles. The van der Waals surface area contributed by atoms with Gasteiger partial charge in [0.05, 0.1) is 16.9 Å². The van der Waals surface area contributed by atoms with Crippen molar-refractivity contribution >= 4 is 11.7 Å². The normalized spacial score (nSPS) is 21.0. The predicted molar refractivity (Wildman–Crippen MR) is 124 cm³/mol. The number of hydrogen-bond donors (Lipinski definition) is 0. The lowest BCUT2D eigenvalue weighted by molar-refractivity contribution is 0.104. The molecule has 3 aliphatic rings. The molecule has 8 heteroatoms.